The summed E-state index contributed by atoms with van der Waals surface area (Å²) >= 11 is 1.82. The van der Waals surface area contributed by atoms with Crippen LogP contribution in [0.2, 0.25) is 0 Å². The minimum atomic E-state index is -0.568. The van der Waals surface area contributed by atoms with Crippen LogP contribution in [0.4, 0.5) is 5.69 Å². The fraction of sp³-hybridized carbons (Fsp3) is 0.471. The molecule has 25 heavy (non-hydrogen) atoms. The molecule has 0 radical (unpaired) electrons. The van der Waals surface area contributed by atoms with E-state index >= 15 is 0 Å². The van der Waals surface area contributed by atoms with Gasteiger partial charge in [-0.3, -0.25) is 0 Å². The Morgan fingerprint density at radius 2 is 2.20 bits per heavy atom. The van der Waals surface area contributed by atoms with Crippen LogP contribution in [-0.4, -0.2) is 43.4 Å². The Bertz CT molecular complexity index is 815. The van der Waals surface area contributed by atoms with Gasteiger partial charge in [0.25, 0.3) is 0 Å². The van der Waals surface area contributed by atoms with E-state index in [-0.39, 0.29) is 12.4 Å². The molecule has 0 atom stereocenters. The van der Waals surface area contributed by atoms with Crippen LogP contribution >= 0.6 is 11.8 Å². The van der Waals surface area contributed by atoms with Gasteiger partial charge in [-0.25, -0.2) is 9.79 Å². The molecular weight excluding hydrogens is 344 g/mol. The molecule has 1 aliphatic rings. The van der Waals surface area contributed by atoms with Crippen LogP contribution in [-0.2, 0) is 21.6 Å². The minimum absolute atomic E-state index is 0.0361. The Hall–Kier alpha value is -2.22. The van der Waals surface area contributed by atoms with E-state index in [0.29, 0.717) is 23.9 Å². The third kappa shape index (κ3) is 3.30. The summed E-state index contributed by atoms with van der Waals surface area (Å²) in [4.78, 5) is 21.1. The van der Waals surface area contributed by atoms with Crippen molar-refractivity contribution < 1.29 is 23.4 Å². The van der Waals surface area contributed by atoms with Gasteiger partial charge in [0, 0.05) is 11.3 Å². The molecule has 1 aliphatic heterocycles. The molecule has 0 bridgehead atoms. The Labute approximate surface area is 149 Å². The summed E-state index contributed by atoms with van der Waals surface area (Å²) in [6.45, 7) is 4.33. The number of esters is 1. The number of aromatic nitrogens is 1. The first-order chi connectivity index (χ1) is 12.2. The zero-order valence-electron chi connectivity index (χ0n) is 14.5. The predicted molar refractivity (Wildman–Crippen MR) is 96.2 cm³/mol. The molecule has 7 nitrogen and oxygen atoms in total. The lowest BCUT2D eigenvalue weighted by molar-refractivity contribution is 0.0493. The van der Waals surface area contributed by atoms with E-state index in [2.05, 4.69) is 9.98 Å². The van der Waals surface area contributed by atoms with Crippen LogP contribution in [0.1, 0.15) is 35.5 Å². The number of furan rings is 1. The van der Waals surface area contributed by atoms with Crippen LogP contribution < -0.4 is 4.74 Å². The maximum atomic E-state index is 12.3. The number of carbonyl (C=O) groups excluding carboxylic acids is 1. The van der Waals surface area contributed by atoms with E-state index in [1.807, 2.05) is 18.7 Å². The van der Waals surface area contributed by atoms with Crippen molar-refractivity contribution >= 4 is 40.9 Å². The van der Waals surface area contributed by atoms with E-state index in [9.17, 15) is 4.79 Å². The van der Waals surface area contributed by atoms with Crippen LogP contribution in [0.15, 0.2) is 9.41 Å². The summed E-state index contributed by atoms with van der Waals surface area (Å²) in [6.07, 6.45) is 2.15. The topological polar surface area (TPSA) is 83.2 Å². The fourth-order valence-electron chi connectivity index (χ4n) is 2.77. The molecule has 3 heterocycles. The first-order valence-electron chi connectivity index (χ1n) is 8.12. The molecule has 0 N–H and O–H groups in total. The Kier molecular flexibility index (Phi) is 5.47. The van der Waals surface area contributed by atoms with Crippen molar-refractivity contribution in [2.45, 2.75) is 26.0 Å². The van der Waals surface area contributed by atoms with E-state index in [1.165, 1.54) is 6.40 Å². The van der Waals surface area contributed by atoms with Crippen molar-refractivity contribution in [3.8, 4) is 5.88 Å². The Morgan fingerprint density at radius 1 is 1.36 bits per heavy atom. The lowest BCUT2D eigenvalue weighted by Crippen LogP contribution is -2.07. The second kappa shape index (κ2) is 7.77. The summed E-state index contributed by atoms with van der Waals surface area (Å²) in [5.74, 6) is 1.77. The van der Waals surface area contributed by atoms with Crippen molar-refractivity contribution in [3.63, 3.8) is 0 Å². The Balaban J connectivity index is 2.25. The molecule has 8 heteroatoms. The minimum Gasteiger partial charge on any atom is -0.483 e. The van der Waals surface area contributed by atoms with Gasteiger partial charge in [0.15, 0.2) is 6.40 Å². The molecule has 2 aromatic rings. The molecular formula is C17H20N2O5S. The molecule has 134 valence electrons. The number of methoxy groups -OCH3 is 1. The molecule has 0 spiro atoms. The van der Waals surface area contributed by atoms with Crippen molar-refractivity contribution in [1.29, 1.82) is 0 Å². The molecule has 0 aromatic carbocycles. The number of pyridine rings is 1. The molecule has 0 saturated heterocycles. The number of nitrogens with zero attached hydrogens (tertiary/aromatic N) is 2. The fourth-order valence-corrected chi connectivity index (χ4v) is 3.76. The van der Waals surface area contributed by atoms with E-state index in [4.69, 9.17) is 18.6 Å². The average molecular weight is 364 g/mol. The van der Waals surface area contributed by atoms with Crippen LogP contribution in [0, 0.1) is 0 Å². The number of fused-ring (bicyclic) bond motifs is 3. The Morgan fingerprint density at radius 3 is 2.92 bits per heavy atom. The molecule has 0 fully saturated rings. The summed E-state index contributed by atoms with van der Waals surface area (Å²) in [5.41, 5.74) is 2.81. The quantitative estimate of drug-likeness (QED) is 0.441. The van der Waals surface area contributed by atoms with Gasteiger partial charge >= 0.3 is 5.97 Å². The van der Waals surface area contributed by atoms with E-state index in [1.54, 1.807) is 14.0 Å². The second-order valence-corrected chi connectivity index (χ2v) is 6.36. The smallest absolute Gasteiger partial charge is 0.376 e. The highest BCUT2D eigenvalue weighted by Crippen LogP contribution is 2.42. The van der Waals surface area contributed by atoms with Crippen LogP contribution in [0.5, 0.6) is 5.88 Å². The van der Waals surface area contributed by atoms with Gasteiger partial charge < -0.3 is 18.6 Å². The summed E-state index contributed by atoms with van der Waals surface area (Å²) in [7, 11) is 1.58. The van der Waals surface area contributed by atoms with Crippen molar-refractivity contribution in [2.24, 2.45) is 4.99 Å². The van der Waals surface area contributed by atoms with Crippen molar-refractivity contribution in [2.75, 3.05) is 26.1 Å². The predicted octanol–water partition coefficient (Wildman–Crippen LogP) is 3.50. The van der Waals surface area contributed by atoms with Crippen LogP contribution in [0.25, 0.3) is 11.1 Å². The third-order valence-corrected chi connectivity index (χ3v) is 4.80. The number of hydrogen-bond donors (Lipinski definition) is 0. The number of aryl methyl sites for hydroxylation is 1. The van der Waals surface area contributed by atoms with Gasteiger partial charge in [0.1, 0.15) is 5.69 Å². The number of carbonyl (C=O) groups is 1. The molecule has 0 unspecified atom stereocenters. The third-order valence-electron chi connectivity index (χ3n) is 3.81. The summed E-state index contributed by atoms with van der Waals surface area (Å²) in [6, 6.07) is 0. The number of aliphatic imine (C=N–C) groups is 1. The van der Waals surface area contributed by atoms with Crippen molar-refractivity contribution in [1.82, 2.24) is 4.98 Å². The highest BCUT2D eigenvalue weighted by atomic mass is 32.2. The lowest BCUT2D eigenvalue weighted by atomic mass is 10.0. The number of rotatable bonds is 6. The maximum absolute atomic E-state index is 12.3. The normalized spacial score (nSPS) is 13.9. The molecule has 0 amide bonds. The summed E-state index contributed by atoms with van der Waals surface area (Å²) in [5, 5.41) is 0.732. The van der Waals surface area contributed by atoms with Gasteiger partial charge in [-0.1, -0.05) is 0 Å². The monoisotopic (exact) mass is 364 g/mol. The van der Waals surface area contributed by atoms with Gasteiger partial charge in [-0.05, 0) is 31.6 Å². The average Bonchev–Trinajstić information content (AvgIpc) is 3.00. The zero-order valence-corrected chi connectivity index (χ0v) is 15.3. The van der Waals surface area contributed by atoms with Gasteiger partial charge in [0.05, 0.1) is 25.7 Å². The molecule has 3 rings (SSSR count). The van der Waals surface area contributed by atoms with Gasteiger partial charge in [0.2, 0.25) is 17.4 Å². The largest absolute Gasteiger partial charge is 0.483 e. The lowest BCUT2D eigenvalue weighted by Gasteiger charge is -2.18. The first kappa shape index (κ1) is 17.6. The number of ether oxygens (including phenoxy) is 3. The zero-order chi connectivity index (χ0) is 17.8. The van der Waals surface area contributed by atoms with E-state index in [0.717, 1.165) is 34.4 Å². The summed E-state index contributed by atoms with van der Waals surface area (Å²) < 4.78 is 21.4. The van der Waals surface area contributed by atoms with E-state index < -0.39 is 5.97 Å². The molecule has 0 aliphatic carbocycles. The maximum Gasteiger partial charge on any atom is 0.376 e. The number of thioether (sulfide) groups is 1. The van der Waals surface area contributed by atoms with Gasteiger partial charge in [-0.15, -0.1) is 0 Å². The first-order valence-corrected chi connectivity index (χ1v) is 9.27. The highest BCUT2D eigenvalue weighted by molar-refractivity contribution is 7.98. The van der Waals surface area contributed by atoms with Gasteiger partial charge in [-0.2, -0.15) is 16.7 Å². The standard InChI is InChI=1S/C17H20N2O5S/c1-4-22-9-18-13-12-10-6-7-25-8-11(10)15(21-3)19-16(12)24-14(13)17(20)23-5-2/h9H,4-8H2,1-3H3. The SMILES string of the molecule is CCOC=Nc1c(C(=O)OCC)oc2nc(OC)c3c(c12)CCSC3. The molecule has 2 aromatic heterocycles. The van der Waals surface area contributed by atoms with Crippen LogP contribution in [0.3, 0.4) is 0 Å². The molecule has 0 saturated carbocycles. The second-order valence-electron chi connectivity index (χ2n) is 5.25. The number of hydrogen-bond acceptors (Lipinski definition) is 8. The van der Waals surface area contributed by atoms with Crippen molar-refractivity contribution in [3.05, 3.63) is 16.9 Å². The highest BCUT2D eigenvalue weighted by Gasteiger charge is 2.29.